The van der Waals surface area contributed by atoms with E-state index in [1.54, 1.807) is 6.92 Å². The van der Waals surface area contributed by atoms with Crippen LogP contribution in [0, 0.1) is 17.8 Å². The molecule has 142 valence electrons. The Morgan fingerprint density at radius 3 is 2.12 bits per heavy atom. The number of rotatable bonds is 3. The molecule has 25 heavy (non-hydrogen) atoms. The third-order valence-corrected chi connectivity index (χ3v) is 7.16. The van der Waals surface area contributed by atoms with Crippen molar-refractivity contribution in [1.82, 2.24) is 10.2 Å². The van der Waals surface area contributed by atoms with E-state index in [0.29, 0.717) is 17.8 Å². The van der Waals surface area contributed by atoms with E-state index >= 15 is 0 Å². The van der Waals surface area contributed by atoms with E-state index in [4.69, 9.17) is 0 Å². The molecule has 4 saturated carbocycles. The van der Waals surface area contributed by atoms with Crippen LogP contribution in [0.15, 0.2) is 0 Å². The highest BCUT2D eigenvalue weighted by Crippen LogP contribution is 2.55. The minimum absolute atomic E-state index is 0.0888. The summed E-state index contributed by atoms with van der Waals surface area (Å²) in [7, 11) is 0. The number of nitrogens with one attached hydrogen (secondary N) is 1. The number of aliphatic hydroxyl groups is 1. The van der Waals surface area contributed by atoms with Crippen molar-refractivity contribution >= 4 is 5.91 Å². The Bertz CT molecular complexity index is 530. The van der Waals surface area contributed by atoms with Gasteiger partial charge in [-0.1, -0.05) is 0 Å². The number of hydrogen-bond acceptors (Lipinski definition) is 3. The van der Waals surface area contributed by atoms with Crippen molar-refractivity contribution in [2.45, 2.75) is 75.2 Å². The number of carbonyl (C=O) groups excluding carboxylic acids is 1. The van der Waals surface area contributed by atoms with Crippen molar-refractivity contribution in [3.63, 3.8) is 0 Å². The van der Waals surface area contributed by atoms with Gasteiger partial charge in [0.05, 0.1) is 6.04 Å². The van der Waals surface area contributed by atoms with Crippen LogP contribution >= 0.6 is 0 Å². The number of amides is 1. The van der Waals surface area contributed by atoms with E-state index in [1.807, 2.05) is 0 Å². The highest BCUT2D eigenvalue weighted by molar-refractivity contribution is 5.82. The van der Waals surface area contributed by atoms with Gasteiger partial charge in [0.1, 0.15) is 0 Å². The summed E-state index contributed by atoms with van der Waals surface area (Å²) >= 11 is 0. The summed E-state index contributed by atoms with van der Waals surface area (Å²) in [5.74, 6) is 1.91. The number of likely N-dealkylation sites (tertiary alicyclic amines) is 1. The molecule has 0 spiro atoms. The molecule has 5 rings (SSSR count). The van der Waals surface area contributed by atoms with Gasteiger partial charge in [-0.05, 0) is 69.6 Å². The lowest BCUT2D eigenvalue weighted by Gasteiger charge is -2.57. The predicted octanol–water partition coefficient (Wildman–Crippen LogP) is 2.46. The van der Waals surface area contributed by atoms with Crippen molar-refractivity contribution in [1.29, 1.82) is 0 Å². The fraction of sp³-hybridized carbons (Fsp3) is 0.944. The summed E-state index contributed by atoms with van der Waals surface area (Å²) in [6.45, 7) is 1.22. The Morgan fingerprint density at radius 2 is 1.68 bits per heavy atom. The molecule has 1 aliphatic heterocycles. The number of halogens is 3. The highest BCUT2D eigenvalue weighted by Gasteiger charge is 2.58. The van der Waals surface area contributed by atoms with E-state index in [-0.39, 0.29) is 24.4 Å². The van der Waals surface area contributed by atoms with Gasteiger partial charge in [0.2, 0.25) is 5.91 Å². The largest absolute Gasteiger partial charge is 0.418 e. The number of nitrogens with zero attached hydrogens (tertiary/aromatic N) is 1. The van der Waals surface area contributed by atoms with E-state index in [2.05, 4.69) is 5.32 Å². The van der Waals surface area contributed by atoms with E-state index < -0.39 is 24.4 Å². The molecule has 1 amide bonds. The first-order valence-electron chi connectivity index (χ1n) is 9.44. The third-order valence-electron chi connectivity index (χ3n) is 7.16. The Balaban J connectivity index is 1.40. The Hall–Kier alpha value is -0.820. The molecule has 1 heterocycles. The van der Waals surface area contributed by atoms with E-state index in [1.165, 1.54) is 24.2 Å². The Kier molecular flexibility index (Phi) is 3.93. The van der Waals surface area contributed by atoms with Crippen LogP contribution in [0.2, 0.25) is 0 Å². The zero-order valence-electron chi connectivity index (χ0n) is 14.6. The van der Waals surface area contributed by atoms with Gasteiger partial charge < -0.3 is 10.4 Å². The summed E-state index contributed by atoms with van der Waals surface area (Å²) in [4.78, 5) is 14.2. The fourth-order valence-corrected chi connectivity index (χ4v) is 6.18. The zero-order valence-corrected chi connectivity index (χ0v) is 14.6. The highest BCUT2D eigenvalue weighted by atomic mass is 19.4. The average Bonchev–Trinajstić information content (AvgIpc) is 2.88. The lowest BCUT2D eigenvalue weighted by Crippen LogP contribution is -2.62. The van der Waals surface area contributed by atoms with Crippen molar-refractivity contribution < 1.29 is 23.1 Å². The van der Waals surface area contributed by atoms with Crippen LogP contribution in [0.3, 0.4) is 0 Å². The van der Waals surface area contributed by atoms with Crippen LogP contribution in [-0.4, -0.2) is 52.4 Å². The molecule has 4 bridgehead atoms. The van der Waals surface area contributed by atoms with Crippen molar-refractivity contribution in [2.24, 2.45) is 17.8 Å². The molecule has 2 atom stereocenters. The molecule has 0 aromatic carbocycles. The molecule has 7 heteroatoms. The molecular formula is C18H27F3N2O2. The number of alkyl halides is 3. The van der Waals surface area contributed by atoms with Crippen LogP contribution in [0.1, 0.15) is 51.9 Å². The molecule has 0 radical (unpaired) electrons. The molecule has 4 aliphatic carbocycles. The van der Waals surface area contributed by atoms with Gasteiger partial charge in [-0.15, -0.1) is 0 Å². The topological polar surface area (TPSA) is 52.6 Å². The first-order chi connectivity index (χ1) is 11.6. The third kappa shape index (κ3) is 2.97. The molecule has 1 saturated heterocycles. The fourth-order valence-electron chi connectivity index (χ4n) is 6.18. The monoisotopic (exact) mass is 360 g/mol. The summed E-state index contributed by atoms with van der Waals surface area (Å²) in [6.07, 6.45) is 1.85. The summed E-state index contributed by atoms with van der Waals surface area (Å²) < 4.78 is 39.0. The molecule has 0 aromatic heterocycles. The first-order valence-corrected chi connectivity index (χ1v) is 9.44. The second kappa shape index (κ2) is 5.59. The Labute approximate surface area is 146 Å². The van der Waals surface area contributed by atoms with Crippen molar-refractivity contribution in [3.05, 3.63) is 0 Å². The number of β-amino-alcohol motifs (C(OH)–C–C–N with tert-alkyl or cyclic N) is 1. The van der Waals surface area contributed by atoms with E-state index in [9.17, 15) is 23.1 Å². The predicted molar refractivity (Wildman–Crippen MR) is 85.7 cm³/mol. The van der Waals surface area contributed by atoms with Gasteiger partial charge >= 0.3 is 6.18 Å². The smallest absolute Gasteiger partial charge is 0.379 e. The van der Waals surface area contributed by atoms with Crippen LogP contribution in [0.4, 0.5) is 13.2 Å². The van der Waals surface area contributed by atoms with Gasteiger partial charge in [0, 0.05) is 18.6 Å². The quantitative estimate of drug-likeness (QED) is 0.813. The summed E-state index contributed by atoms with van der Waals surface area (Å²) in [5, 5.41) is 13.1. The van der Waals surface area contributed by atoms with Crippen LogP contribution in [0.5, 0.6) is 0 Å². The van der Waals surface area contributed by atoms with Gasteiger partial charge in [-0.2, -0.15) is 13.2 Å². The van der Waals surface area contributed by atoms with Gasteiger partial charge in [0.15, 0.2) is 5.60 Å². The maximum atomic E-state index is 13.0. The first kappa shape index (κ1) is 17.6. The minimum atomic E-state index is -4.65. The van der Waals surface area contributed by atoms with Gasteiger partial charge in [-0.25, -0.2) is 0 Å². The minimum Gasteiger partial charge on any atom is -0.379 e. The van der Waals surface area contributed by atoms with Crippen LogP contribution in [0.25, 0.3) is 0 Å². The normalized spacial score (nSPS) is 44.9. The number of carbonyl (C=O) groups is 1. The SMILES string of the molecule is CC(C(=O)NC12CC3CC(CC(C3)C1)C2)N1CCC(O)(C(F)(F)F)C1. The van der Waals surface area contributed by atoms with Gasteiger partial charge in [-0.3, -0.25) is 9.69 Å². The molecule has 5 fully saturated rings. The second-order valence-corrected chi connectivity index (χ2v) is 9.11. The summed E-state index contributed by atoms with van der Waals surface area (Å²) in [6, 6.07) is -0.649. The van der Waals surface area contributed by atoms with Crippen LogP contribution in [-0.2, 0) is 4.79 Å². The lowest BCUT2D eigenvalue weighted by molar-refractivity contribution is -0.254. The molecular weight excluding hydrogens is 333 g/mol. The maximum absolute atomic E-state index is 13.0. The molecule has 4 nitrogen and oxygen atoms in total. The standard InChI is InChI=1S/C18H27F3N2O2/c1-11(23-3-2-17(25,10-23)18(19,20)21)15(24)22-16-7-12-4-13(8-16)6-14(5-12)9-16/h11-14,25H,2-10H2,1H3,(H,22,24). The zero-order chi connectivity index (χ0) is 18.0. The average molecular weight is 360 g/mol. The van der Waals surface area contributed by atoms with Crippen molar-refractivity contribution in [2.75, 3.05) is 13.1 Å². The molecule has 0 aromatic rings. The molecule has 5 aliphatic rings. The molecule has 2 N–H and O–H groups in total. The van der Waals surface area contributed by atoms with Crippen molar-refractivity contribution in [3.8, 4) is 0 Å². The number of hydrogen-bond donors (Lipinski definition) is 2. The Morgan fingerprint density at radius 1 is 1.16 bits per heavy atom. The lowest BCUT2D eigenvalue weighted by atomic mass is 9.53. The van der Waals surface area contributed by atoms with Crippen LogP contribution < -0.4 is 5.32 Å². The summed E-state index contributed by atoms with van der Waals surface area (Å²) in [5.41, 5.74) is -2.83. The second-order valence-electron chi connectivity index (χ2n) is 9.11. The maximum Gasteiger partial charge on any atom is 0.418 e. The van der Waals surface area contributed by atoms with Gasteiger partial charge in [0.25, 0.3) is 0 Å². The molecule has 2 unspecified atom stereocenters. The van der Waals surface area contributed by atoms with E-state index in [0.717, 1.165) is 19.3 Å².